The van der Waals surface area contributed by atoms with Gasteiger partial charge in [-0.05, 0) is 38.7 Å². The summed E-state index contributed by atoms with van der Waals surface area (Å²) in [6, 6.07) is 0. The minimum Gasteiger partial charge on any atom is -0.334 e. The molecule has 0 rings (SSSR count). The Labute approximate surface area is 65.7 Å². The Morgan fingerprint density at radius 2 is 1.90 bits per heavy atom. The standard InChI is InChI=1S/C8H19NSi/c1-5-6-7-8-9-10(2,3)4/h8H,5-7H2,1-4H3/b9-8+. The lowest BCUT2D eigenvalue weighted by Crippen LogP contribution is -2.16. The van der Waals surface area contributed by atoms with Crippen molar-refractivity contribution < 1.29 is 0 Å². The zero-order chi connectivity index (χ0) is 8.04. The molecule has 0 saturated carbocycles. The summed E-state index contributed by atoms with van der Waals surface area (Å²) >= 11 is 0. The van der Waals surface area contributed by atoms with E-state index in [-0.39, 0.29) is 0 Å². The first kappa shape index (κ1) is 9.89. The van der Waals surface area contributed by atoms with Crippen molar-refractivity contribution in [2.45, 2.75) is 45.8 Å². The van der Waals surface area contributed by atoms with Crippen molar-refractivity contribution in [3.63, 3.8) is 0 Å². The lowest BCUT2D eigenvalue weighted by molar-refractivity contribution is 0.843. The van der Waals surface area contributed by atoms with Gasteiger partial charge in [-0.25, -0.2) is 0 Å². The van der Waals surface area contributed by atoms with Gasteiger partial charge in [0.1, 0.15) is 0 Å². The van der Waals surface area contributed by atoms with E-state index in [1.54, 1.807) is 0 Å². The fourth-order valence-corrected chi connectivity index (χ4v) is 1.31. The second kappa shape index (κ2) is 4.66. The van der Waals surface area contributed by atoms with Crippen LogP contribution in [0.2, 0.25) is 19.6 Å². The molecule has 0 amide bonds. The van der Waals surface area contributed by atoms with E-state index in [2.05, 4.69) is 37.4 Å². The van der Waals surface area contributed by atoms with Crippen molar-refractivity contribution in [2.75, 3.05) is 0 Å². The van der Waals surface area contributed by atoms with Crippen LogP contribution in [0.5, 0.6) is 0 Å². The molecule has 0 unspecified atom stereocenters. The van der Waals surface area contributed by atoms with E-state index in [1.807, 2.05) is 0 Å². The lowest BCUT2D eigenvalue weighted by Gasteiger charge is -2.06. The third-order valence-electron chi connectivity index (χ3n) is 1.17. The second-order valence-electron chi connectivity index (χ2n) is 3.62. The van der Waals surface area contributed by atoms with Gasteiger partial charge in [-0.2, -0.15) is 0 Å². The molecule has 0 N–H and O–H groups in total. The van der Waals surface area contributed by atoms with Gasteiger partial charge in [0, 0.05) is 0 Å². The van der Waals surface area contributed by atoms with Crippen molar-refractivity contribution in [3.8, 4) is 0 Å². The molecule has 10 heavy (non-hydrogen) atoms. The highest BCUT2D eigenvalue weighted by atomic mass is 28.3. The highest BCUT2D eigenvalue weighted by Crippen LogP contribution is 2.01. The summed E-state index contributed by atoms with van der Waals surface area (Å²) in [5, 5.41) is 0. The van der Waals surface area contributed by atoms with Crippen molar-refractivity contribution >= 4 is 14.5 Å². The van der Waals surface area contributed by atoms with E-state index < -0.39 is 8.24 Å². The lowest BCUT2D eigenvalue weighted by atomic mass is 10.3. The van der Waals surface area contributed by atoms with E-state index in [4.69, 9.17) is 0 Å². The van der Waals surface area contributed by atoms with Crippen LogP contribution in [0.1, 0.15) is 26.2 Å². The molecule has 1 nitrogen and oxygen atoms in total. The zero-order valence-electron chi connectivity index (χ0n) is 7.65. The van der Waals surface area contributed by atoms with E-state index in [1.165, 1.54) is 19.3 Å². The van der Waals surface area contributed by atoms with Crippen LogP contribution < -0.4 is 0 Å². The molecule has 2 heteroatoms. The molecule has 0 radical (unpaired) electrons. The normalized spacial score (nSPS) is 12.8. The van der Waals surface area contributed by atoms with Gasteiger partial charge in [0.2, 0.25) is 0 Å². The minimum atomic E-state index is -1.14. The van der Waals surface area contributed by atoms with Crippen LogP contribution in [0.25, 0.3) is 0 Å². The maximum Gasteiger partial charge on any atom is 0.171 e. The highest BCUT2D eigenvalue weighted by molar-refractivity contribution is 6.75. The first-order valence-corrected chi connectivity index (χ1v) is 7.54. The van der Waals surface area contributed by atoms with Crippen LogP contribution in [0, 0.1) is 0 Å². The SMILES string of the molecule is CCCC/C=N/[Si](C)(C)C. The van der Waals surface area contributed by atoms with Crippen molar-refractivity contribution in [1.82, 2.24) is 0 Å². The van der Waals surface area contributed by atoms with Crippen LogP contribution in [-0.4, -0.2) is 14.5 Å². The van der Waals surface area contributed by atoms with Crippen LogP contribution in [-0.2, 0) is 0 Å². The average molecular weight is 157 g/mol. The summed E-state index contributed by atoms with van der Waals surface area (Å²) in [6.07, 6.45) is 5.84. The summed E-state index contributed by atoms with van der Waals surface area (Å²) < 4.78 is 4.51. The summed E-state index contributed by atoms with van der Waals surface area (Å²) in [5.41, 5.74) is 0. The molecule has 0 atom stereocenters. The van der Waals surface area contributed by atoms with Crippen LogP contribution in [0.4, 0.5) is 0 Å². The average Bonchev–Trinajstić information content (AvgIpc) is 1.78. The van der Waals surface area contributed by atoms with Crippen LogP contribution in [0.15, 0.2) is 4.66 Å². The van der Waals surface area contributed by atoms with E-state index in [0.29, 0.717) is 0 Å². The molecule has 0 spiro atoms. The summed E-state index contributed by atoms with van der Waals surface area (Å²) in [5.74, 6) is 0. The Balaban J connectivity index is 3.37. The smallest absolute Gasteiger partial charge is 0.171 e. The topological polar surface area (TPSA) is 12.4 Å². The minimum absolute atomic E-state index is 1.14. The molecular formula is C8H19NSi. The monoisotopic (exact) mass is 157 g/mol. The molecule has 60 valence electrons. The number of rotatable bonds is 4. The fraction of sp³-hybridized carbons (Fsp3) is 0.875. The Hall–Kier alpha value is -0.113. The molecule has 0 aliphatic rings. The number of hydrogen-bond acceptors (Lipinski definition) is 1. The van der Waals surface area contributed by atoms with Crippen molar-refractivity contribution in [1.29, 1.82) is 0 Å². The van der Waals surface area contributed by atoms with Gasteiger partial charge in [0.25, 0.3) is 0 Å². The van der Waals surface area contributed by atoms with E-state index in [0.717, 1.165) is 0 Å². The third-order valence-corrected chi connectivity index (χ3v) is 2.12. The molecule has 0 aliphatic carbocycles. The molecule has 0 aromatic rings. The predicted molar refractivity (Wildman–Crippen MR) is 51.4 cm³/mol. The predicted octanol–water partition coefficient (Wildman–Crippen LogP) is 3.08. The maximum atomic E-state index is 4.51. The number of nitrogens with zero attached hydrogens (tertiary/aromatic N) is 1. The second-order valence-corrected chi connectivity index (χ2v) is 8.22. The van der Waals surface area contributed by atoms with Gasteiger partial charge in [0.15, 0.2) is 8.24 Å². The Kier molecular flexibility index (Phi) is 4.61. The van der Waals surface area contributed by atoms with Gasteiger partial charge < -0.3 is 4.66 Å². The van der Waals surface area contributed by atoms with Crippen molar-refractivity contribution in [2.24, 2.45) is 4.66 Å². The maximum absolute atomic E-state index is 4.51. The number of unbranched alkanes of at least 4 members (excludes halogenated alkanes) is 2. The summed E-state index contributed by atoms with van der Waals surface area (Å²) in [7, 11) is -1.14. The molecule has 0 aliphatic heterocycles. The first-order valence-electron chi connectivity index (χ1n) is 4.10. The molecule has 0 bridgehead atoms. The zero-order valence-corrected chi connectivity index (χ0v) is 8.65. The van der Waals surface area contributed by atoms with Gasteiger partial charge in [-0.15, -0.1) is 0 Å². The van der Waals surface area contributed by atoms with E-state index >= 15 is 0 Å². The summed E-state index contributed by atoms with van der Waals surface area (Å²) in [4.78, 5) is 0. The molecule has 0 fully saturated rings. The van der Waals surface area contributed by atoms with Crippen LogP contribution >= 0.6 is 0 Å². The quantitative estimate of drug-likeness (QED) is 0.338. The first-order chi connectivity index (χ1) is 4.56. The van der Waals surface area contributed by atoms with Crippen molar-refractivity contribution in [3.05, 3.63) is 0 Å². The Morgan fingerprint density at radius 1 is 1.30 bits per heavy atom. The van der Waals surface area contributed by atoms with Gasteiger partial charge in [0.05, 0.1) is 0 Å². The molecule has 0 aromatic carbocycles. The van der Waals surface area contributed by atoms with Gasteiger partial charge >= 0.3 is 0 Å². The fourth-order valence-electron chi connectivity index (χ4n) is 0.634. The Morgan fingerprint density at radius 3 is 2.30 bits per heavy atom. The van der Waals surface area contributed by atoms with E-state index in [9.17, 15) is 0 Å². The molecule has 0 aromatic heterocycles. The number of hydrogen-bond donors (Lipinski definition) is 0. The molecule has 0 heterocycles. The van der Waals surface area contributed by atoms with Gasteiger partial charge in [-0.1, -0.05) is 13.3 Å². The van der Waals surface area contributed by atoms with Crippen LogP contribution in [0.3, 0.4) is 0 Å². The highest BCUT2D eigenvalue weighted by Gasteiger charge is 2.08. The van der Waals surface area contributed by atoms with Gasteiger partial charge in [-0.3, -0.25) is 0 Å². The molecule has 0 saturated heterocycles. The third kappa shape index (κ3) is 7.89. The Bertz CT molecular complexity index is 102. The molecular weight excluding hydrogens is 138 g/mol. The largest absolute Gasteiger partial charge is 0.334 e. The summed E-state index contributed by atoms with van der Waals surface area (Å²) in [6.45, 7) is 8.99.